The lowest BCUT2D eigenvalue weighted by Crippen LogP contribution is -2.14. The maximum atomic E-state index is 12.5. The number of non-ortho nitro benzene ring substituents is 1. The van der Waals surface area contributed by atoms with Gasteiger partial charge in [0.15, 0.2) is 5.76 Å². The molecule has 2 amide bonds. The molecule has 1 aromatic heterocycles. The average molecular weight is 430 g/mol. The van der Waals surface area contributed by atoms with Gasteiger partial charge in [0, 0.05) is 28.0 Å². The molecule has 0 spiro atoms. The number of anilines is 2. The monoisotopic (exact) mass is 429 g/mol. The van der Waals surface area contributed by atoms with E-state index in [0.717, 1.165) is 0 Å². The second-order valence-electron chi connectivity index (χ2n) is 5.39. The van der Waals surface area contributed by atoms with Gasteiger partial charge in [-0.2, -0.15) is 0 Å². The minimum absolute atomic E-state index is 0.120. The maximum absolute atomic E-state index is 12.5. The Morgan fingerprint density at radius 1 is 0.963 bits per heavy atom. The van der Waals surface area contributed by atoms with E-state index < -0.39 is 16.7 Å². The number of nitro groups is 1. The van der Waals surface area contributed by atoms with Gasteiger partial charge in [-0.1, -0.05) is 6.07 Å². The number of carbonyl (C=O) groups is 2. The first-order chi connectivity index (χ1) is 12.9. The van der Waals surface area contributed by atoms with E-state index in [2.05, 4.69) is 26.6 Å². The number of nitrogens with one attached hydrogen (secondary N) is 2. The molecule has 2 N–H and O–H groups in total. The van der Waals surface area contributed by atoms with Crippen LogP contribution in [0, 0.1) is 10.1 Å². The molecule has 0 fully saturated rings. The highest BCUT2D eigenvalue weighted by Crippen LogP contribution is 2.24. The largest absolute Gasteiger partial charge is 0.459 e. The number of nitrogens with zero attached hydrogens (tertiary/aromatic N) is 1. The fourth-order valence-corrected chi connectivity index (χ4v) is 2.70. The molecule has 2 aromatic carbocycles. The summed E-state index contributed by atoms with van der Waals surface area (Å²) in [6, 6.07) is 13.5. The molecule has 0 unspecified atom stereocenters. The Bertz CT molecular complexity index is 1020. The number of benzene rings is 2. The lowest BCUT2D eigenvalue weighted by atomic mass is 10.2. The Labute approximate surface area is 161 Å². The van der Waals surface area contributed by atoms with Crippen LogP contribution in [0.25, 0.3) is 0 Å². The van der Waals surface area contributed by atoms with E-state index in [1.165, 1.54) is 30.5 Å². The molecular formula is C18H12BrN3O5. The van der Waals surface area contributed by atoms with Crippen LogP contribution in [-0.2, 0) is 0 Å². The number of furan rings is 1. The summed E-state index contributed by atoms with van der Waals surface area (Å²) in [6.07, 6.45) is 1.39. The van der Waals surface area contributed by atoms with Crippen LogP contribution in [0.1, 0.15) is 20.9 Å². The van der Waals surface area contributed by atoms with Crippen LogP contribution in [0.15, 0.2) is 69.8 Å². The summed E-state index contributed by atoms with van der Waals surface area (Å²) >= 11 is 3.21. The number of hydrogen-bond acceptors (Lipinski definition) is 5. The number of amides is 2. The number of hydrogen-bond donors (Lipinski definition) is 2. The molecule has 0 aliphatic carbocycles. The van der Waals surface area contributed by atoms with Crippen molar-refractivity contribution in [3.8, 4) is 0 Å². The van der Waals surface area contributed by atoms with Crippen molar-refractivity contribution >= 4 is 44.8 Å². The Kier molecular flexibility index (Phi) is 5.32. The zero-order valence-corrected chi connectivity index (χ0v) is 15.2. The molecule has 136 valence electrons. The van der Waals surface area contributed by atoms with E-state index in [0.29, 0.717) is 15.8 Å². The summed E-state index contributed by atoms with van der Waals surface area (Å²) in [5.74, 6) is -0.796. The smallest absolute Gasteiger partial charge is 0.291 e. The second kappa shape index (κ2) is 7.83. The van der Waals surface area contributed by atoms with Crippen molar-refractivity contribution in [3.05, 3.63) is 86.8 Å². The van der Waals surface area contributed by atoms with Crippen LogP contribution in [0.4, 0.5) is 17.1 Å². The lowest BCUT2D eigenvalue weighted by molar-refractivity contribution is -0.384. The number of rotatable bonds is 5. The molecule has 0 radical (unpaired) electrons. The van der Waals surface area contributed by atoms with E-state index in [4.69, 9.17) is 4.42 Å². The van der Waals surface area contributed by atoms with Crippen molar-refractivity contribution in [1.82, 2.24) is 0 Å². The third kappa shape index (κ3) is 4.39. The van der Waals surface area contributed by atoms with E-state index in [1.807, 2.05) is 0 Å². The van der Waals surface area contributed by atoms with Crippen molar-refractivity contribution in [3.63, 3.8) is 0 Å². The second-order valence-corrected chi connectivity index (χ2v) is 6.24. The highest BCUT2D eigenvalue weighted by atomic mass is 79.9. The van der Waals surface area contributed by atoms with Gasteiger partial charge in [0.2, 0.25) is 0 Å². The number of carbonyl (C=O) groups excluding carboxylic acids is 2. The van der Waals surface area contributed by atoms with Gasteiger partial charge in [0.1, 0.15) is 0 Å². The van der Waals surface area contributed by atoms with Gasteiger partial charge in [-0.3, -0.25) is 19.7 Å². The molecule has 1 heterocycles. The van der Waals surface area contributed by atoms with Crippen molar-refractivity contribution < 1.29 is 18.9 Å². The van der Waals surface area contributed by atoms with E-state index in [-0.39, 0.29) is 17.0 Å². The van der Waals surface area contributed by atoms with Gasteiger partial charge >= 0.3 is 0 Å². The van der Waals surface area contributed by atoms with E-state index in [9.17, 15) is 19.7 Å². The molecule has 0 saturated heterocycles. The Balaban J connectivity index is 1.76. The summed E-state index contributed by atoms with van der Waals surface area (Å²) in [5.41, 5.74) is 0.792. The topological polar surface area (TPSA) is 114 Å². The van der Waals surface area contributed by atoms with E-state index in [1.54, 1.807) is 30.3 Å². The molecule has 27 heavy (non-hydrogen) atoms. The Morgan fingerprint density at radius 2 is 1.67 bits per heavy atom. The summed E-state index contributed by atoms with van der Waals surface area (Å²) in [5, 5.41) is 16.2. The first-order valence-corrected chi connectivity index (χ1v) is 8.43. The molecule has 0 bridgehead atoms. The SMILES string of the molecule is O=C(Nc1cccc(NC(=O)c2cc([N+](=O)[O-])ccc2Br)c1)c1ccco1. The van der Waals surface area contributed by atoms with Gasteiger partial charge in [0.05, 0.1) is 16.7 Å². The summed E-state index contributed by atoms with van der Waals surface area (Å²) < 4.78 is 5.45. The van der Waals surface area contributed by atoms with Crippen LogP contribution in [-0.4, -0.2) is 16.7 Å². The molecule has 3 aromatic rings. The van der Waals surface area contributed by atoms with Crippen molar-refractivity contribution in [2.24, 2.45) is 0 Å². The standard InChI is InChI=1S/C18H12BrN3O5/c19-15-7-6-13(22(25)26)10-14(15)17(23)20-11-3-1-4-12(9-11)21-18(24)16-5-2-8-27-16/h1-10H,(H,20,23)(H,21,24). The number of nitro benzene ring substituents is 1. The first-order valence-electron chi connectivity index (χ1n) is 7.64. The van der Waals surface area contributed by atoms with E-state index >= 15 is 0 Å². The van der Waals surface area contributed by atoms with Crippen molar-refractivity contribution in [2.45, 2.75) is 0 Å². The van der Waals surface area contributed by atoms with Crippen LogP contribution < -0.4 is 10.6 Å². The highest BCUT2D eigenvalue weighted by Gasteiger charge is 2.16. The Morgan fingerprint density at radius 3 is 2.30 bits per heavy atom. The minimum atomic E-state index is -0.575. The predicted octanol–water partition coefficient (Wildman–Crippen LogP) is 4.45. The Hall–Kier alpha value is -3.46. The first kappa shape index (κ1) is 18.3. The zero-order valence-electron chi connectivity index (χ0n) is 13.6. The third-order valence-corrected chi connectivity index (χ3v) is 4.22. The van der Waals surface area contributed by atoms with Crippen LogP contribution in [0.2, 0.25) is 0 Å². The maximum Gasteiger partial charge on any atom is 0.291 e. The highest BCUT2D eigenvalue weighted by molar-refractivity contribution is 9.10. The van der Waals surface area contributed by atoms with Crippen LogP contribution in [0.5, 0.6) is 0 Å². The van der Waals surface area contributed by atoms with Gasteiger partial charge in [0.25, 0.3) is 17.5 Å². The molecule has 8 nitrogen and oxygen atoms in total. The fraction of sp³-hybridized carbons (Fsp3) is 0. The quantitative estimate of drug-likeness (QED) is 0.458. The van der Waals surface area contributed by atoms with Gasteiger partial charge in [-0.25, -0.2) is 0 Å². The zero-order chi connectivity index (χ0) is 19.4. The molecule has 0 saturated carbocycles. The summed E-state index contributed by atoms with van der Waals surface area (Å²) in [4.78, 5) is 34.8. The summed E-state index contributed by atoms with van der Waals surface area (Å²) in [6.45, 7) is 0. The molecule has 0 atom stereocenters. The molecule has 9 heteroatoms. The normalized spacial score (nSPS) is 10.3. The van der Waals surface area contributed by atoms with Gasteiger partial charge < -0.3 is 15.1 Å². The fourth-order valence-electron chi connectivity index (χ4n) is 2.27. The molecular weight excluding hydrogens is 418 g/mol. The molecule has 0 aliphatic rings. The summed E-state index contributed by atoms with van der Waals surface area (Å²) in [7, 11) is 0. The molecule has 3 rings (SSSR count). The van der Waals surface area contributed by atoms with Crippen molar-refractivity contribution in [1.29, 1.82) is 0 Å². The minimum Gasteiger partial charge on any atom is -0.459 e. The lowest BCUT2D eigenvalue weighted by Gasteiger charge is -2.09. The van der Waals surface area contributed by atoms with Crippen molar-refractivity contribution in [2.75, 3.05) is 10.6 Å². The number of halogens is 1. The van der Waals surface area contributed by atoms with Crippen LogP contribution >= 0.6 is 15.9 Å². The van der Waals surface area contributed by atoms with Gasteiger partial charge in [-0.15, -0.1) is 0 Å². The van der Waals surface area contributed by atoms with Gasteiger partial charge in [-0.05, 0) is 52.3 Å². The third-order valence-electron chi connectivity index (χ3n) is 3.53. The van der Waals surface area contributed by atoms with Crippen LogP contribution in [0.3, 0.4) is 0 Å². The predicted molar refractivity (Wildman–Crippen MR) is 102 cm³/mol. The molecule has 0 aliphatic heterocycles. The average Bonchev–Trinajstić information content (AvgIpc) is 3.17.